The number of aliphatic hydroxyl groups is 1. The number of carbonyl (C=O) groups is 1. The number of hydrogen-bond donors (Lipinski definition) is 2. The molecule has 2 N–H and O–H groups in total. The van der Waals surface area contributed by atoms with Crippen LogP contribution >= 0.6 is 22.9 Å². The first-order valence-corrected chi connectivity index (χ1v) is 7.83. The van der Waals surface area contributed by atoms with Crippen LogP contribution in [0.15, 0.2) is 0 Å². The summed E-state index contributed by atoms with van der Waals surface area (Å²) in [6.07, 6.45) is 4.01. The van der Waals surface area contributed by atoms with Crippen molar-refractivity contribution in [3.05, 3.63) is 10.0 Å². The molecule has 1 aliphatic carbocycles. The summed E-state index contributed by atoms with van der Waals surface area (Å²) >= 11 is 7.11. The molecule has 2 unspecified atom stereocenters. The minimum atomic E-state index is -0.490. The largest absolute Gasteiger partial charge is 0.465 e. The zero-order chi connectivity index (χ0) is 14.8. The number of thiazole rings is 1. The number of methoxy groups -OCH3 is 1. The summed E-state index contributed by atoms with van der Waals surface area (Å²) in [4.78, 5) is 16.0. The number of hydrogen-bond acceptors (Lipinski definition) is 6. The smallest absolute Gasteiger partial charge is 0.351 e. The highest BCUT2D eigenvalue weighted by atomic mass is 35.5. The molecule has 7 heteroatoms. The first kappa shape index (κ1) is 15.5. The van der Waals surface area contributed by atoms with E-state index in [2.05, 4.69) is 22.0 Å². The predicted octanol–water partition coefficient (Wildman–Crippen LogP) is 2.94. The second-order valence-corrected chi connectivity index (χ2v) is 6.75. The molecular formula is C13H19ClN2O3S. The van der Waals surface area contributed by atoms with E-state index < -0.39 is 5.97 Å². The third kappa shape index (κ3) is 3.24. The lowest BCUT2D eigenvalue weighted by atomic mass is 9.77. The van der Waals surface area contributed by atoms with E-state index in [1.54, 1.807) is 0 Å². The number of nitrogens with zero attached hydrogens (tertiary/aromatic N) is 1. The van der Waals surface area contributed by atoms with Gasteiger partial charge in [-0.05, 0) is 18.8 Å². The van der Waals surface area contributed by atoms with E-state index in [9.17, 15) is 9.90 Å². The molecule has 1 fully saturated rings. The average molecular weight is 319 g/mol. The fourth-order valence-electron chi connectivity index (χ4n) is 2.76. The molecule has 1 saturated carbocycles. The van der Waals surface area contributed by atoms with Crippen molar-refractivity contribution in [3.8, 4) is 0 Å². The SMILES string of the molecule is COC(=O)c1sc(NC2(CO)CCCC(C)C2)nc1Cl. The molecule has 0 spiro atoms. The summed E-state index contributed by atoms with van der Waals surface area (Å²) in [5.41, 5.74) is -0.369. The van der Waals surface area contributed by atoms with Crippen LogP contribution in [-0.4, -0.2) is 35.3 Å². The van der Waals surface area contributed by atoms with Gasteiger partial charge in [0.2, 0.25) is 0 Å². The maximum absolute atomic E-state index is 11.5. The first-order valence-electron chi connectivity index (χ1n) is 6.63. The van der Waals surface area contributed by atoms with Crippen LogP contribution in [0.3, 0.4) is 0 Å². The minimum absolute atomic E-state index is 0.0437. The number of halogens is 1. The van der Waals surface area contributed by atoms with Crippen LogP contribution in [0.4, 0.5) is 5.13 Å². The van der Waals surface area contributed by atoms with Gasteiger partial charge in [-0.3, -0.25) is 0 Å². The molecule has 112 valence electrons. The molecule has 2 atom stereocenters. The lowest BCUT2D eigenvalue weighted by Gasteiger charge is -2.39. The standard InChI is InChI=1S/C13H19ClN2O3S/c1-8-4-3-5-13(6-8,7-17)16-12-15-10(14)9(20-12)11(18)19-2/h8,17H,3-7H2,1-2H3,(H,15,16). The van der Waals surface area contributed by atoms with Gasteiger partial charge >= 0.3 is 5.97 Å². The number of rotatable bonds is 4. The Morgan fingerprint density at radius 3 is 3.05 bits per heavy atom. The molecular weight excluding hydrogens is 300 g/mol. The van der Waals surface area contributed by atoms with Gasteiger partial charge in [-0.1, -0.05) is 42.7 Å². The van der Waals surface area contributed by atoms with Gasteiger partial charge in [-0.2, -0.15) is 0 Å². The van der Waals surface area contributed by atoms with Crippen LogP contribution in [0.5, 0.6) is 0 Å². The maximum Gasteiger partial charge on any atom is 0.351 e. The third-order valence-electron chi connectivity index (χ3n) is 3.72. The van der Waals surface area contributed by atoms with Crippen LogP contribution in [-0.2, 0) is 4.74 Å². The first-order chi connectivity index (χ1) is 9.49. The van der Waals surface area contributed by atoms with Crippen LogP contribution in [0, 0.1) is 5.92 Å². The van der Waals surface area contributed by atoms with Crippen LogP contribution in [0.1, 0.15) is 42.3 Å². The Balaban J connectivity index is 2.17. The average Bonchev–Trinajstić information content (AvgIpc) is 2.78. The van der Waals surface area contributed by atoms with Gasteiger partial charge in [0.1, 0.15) is 0 Å². The molecule has 5 nitrogen and oxygen atoms in total. The number of aliphatic hydroxyl groups excluding tert-OH is 1. The number of aromatic nitrogens is 1. The van der Waals surface area contributed by atoms with E-state index in [0.717, 1.165) is 30.6 Å². The number of ether oxygens (including phenoxy) is 1. The third-order valence-corrected chi connectivity index (χ3v) is 5.06. The van der Waals surface area contributed by atoms with E-state index in [1.807, 2.05) is 0 Å². The summed E-state index contributed by atoms with van der Waals surface area (Å²) in [5, 5.41) is 13.7. The van der Waals surface area contributed by atoms with Gasteiger partial charge in [0.05, 0.1) is 19.3 Å². The van der Waals surface area contributed by atoms with Crippen molar-refractivity contribution in [1.29, 1.82) is 0 Å². The number of nitrogens with one attached hydrogen (secondary N) is 1. The highest BCUT2D eigenvalue weighted by Gasteiger charge is 2.35. The van der Waals surface area contributed by atoms with Gasteiger partial charge in [0.25, 0.3) is 0 Å². The second-order valence-electron chi connectivity index (χ2n) is 5.40. The van der Waals surface area contributed by atoms with Crippen molar-refractivity contribution in [2.45, 2.75) is 38.1 Å². The van der Waals surface area contributed by atoms with Gasteiger partial charge in [-0.25, -0.2) is 9.78 Å². The van der Waals surface area contributed by atoms with Crippen LogP contribution in [0.25, 0.3) is 0 Å². The summed E-state index contributed by atoms with van der Waals surface area (Å²) in [7, 11) is 1.31. The fourth-order valence-corrected chi connectivity index (χ4v) is 3.98. The minimum Gasteiger partial charge on any atom is -0.465 e. The second kappa shape index (κ2) is 6.28. The van der Waals surface area contributed by atoms with E-state index >= 15 is 0 Å². The van der Waals surface area contributed by atoms with Gasteiger partial charge < -0.3 is 15.2 Å². The van der Waals surface area contributed by atoms with Gasteiger partial charge in [-0.15, -0.1) is 0 Å². The quantitative estimate of drug-likeness (QED) is 0.835. The van der Waals surface area contributed by atoms with E-state index in [4.69, 9.17) is 11.6 Å². The monoisotopic (exact) mass is 318 g/mol. The van der Waals surface area contributed by atoms with Crippen molar-refractivity contribution in [2.24, 2.45) is 5.92 Å². The molecule has 1 aliphatic rings. The summed E-state index contributed by atoms with van der Waals surface area (Å²) < 4.78 is 4.66. The fraction of sp³-hybridized carbons (Fsp3) is 0.692. The Kier molecular flexibility index (Phi) is 4.88. The van der Waals surface area contributed by atoms with Crippen molar-refractivity contribution in [1.82, 2.24) is 4.98 Å². The lowest BCUT2D eigenvalue weighted by molar-refractivity contribution is 0.0606. The lowest BCUT2D eigenvalue weighted by Crippen LogP contribution is -2.45. The zero-order valence-electron chi connectivity index (χ0n) is 11.6. The molecule has 1 aromatic rings. The van der Waals surface area contributed by atoms with Crippen molar-refractivity contribution in [2.75, 3.05) is 19.0 Å². The summed E-state index contributed by atoms with van der Waals surface area (Å²) in [6, 6.07) is 0. The maximum atomic E-state index is 11.5. The van der Waals surface area contributed by atoms with Crippen molar-refractivity contribution >= 4 is 34.0 Å². The molecule has 0 saturated heterocycles. The van der Waals surface area contributed by atoms with E-state index in [1.165, 1.54) is 13.5 Å². The van der Waals surface area contributed by atoms with E-state index in [0.29, 0.717) is 11.0 Å². The highest BCUT2D eigenvalue weighted by Crippen LogP contribution is 2.37. The normalized spacial score (nSPS) is 26.3. The summed E-state index contributed by atoms with van der Waals surface area (Å²) in [5.74, 6) is 0.0644. The summed E-state index contributed by atoms with van der Waals surface area (Å²) in [6.45, 7) is 2.22. The number of esters is 1. The number of anilines is 1. The van der Waals surface area contributed by atoms with Gasteiger partial charge in [0.15, 0.2) is 15.2 Å². The molecule has 0 amide bonds. The molecule has 0 aliphatic heterocycles. The highest BCUT2D eigenvalue weighted by molar-refractivity contribution is 7.18. The topological polar surface area (TPSA) is 71.5 Å². The predicted molar refractivity (Wildman–Crippen MR) is 79.5 cm³/mol. The molecule has 1 aromatic heterocycles. The van der Waals surface area contributed by atoms with Crippen molar-refractivity contribution in [3.63, 3.8) is 0 Å². The number of carbonyl (C=O) groups excluding carboxylic acids is 1. The Morgan fingerprint density at radius 2 is 2.45 bits per heavy atom. The Hall–Kier alpha value is -0.850. The molecule has 0 aromatic carbocycles. The molecule has 0 bridgehead atoms. The molecule has 20 heavy (non-hydrogen) atoms. The van der Waals surface area contributed by atoms with Gasteiger partial charge in [0, 0.05) is 0 Å². The zero-order valence-corrected chi connectivity index (χ0v) is 13.2. The van der Waals surface area contributed by atoms with Crippen molar-refractivity contribution < 1.29 is 14.6 Å². The Labute approximate surface area is 127 Å². The Morgan fingerprint density at radius 1 is 1.70 bits per heavy atom. The molecule has 1 heterocycles. The van der Waals surface area contributed by atoms with E-state index in [-0.39, 0.29) is 22.2 Å². The molecule has 2 rings (SSSR count). The van der Waals surface area contributed by atoms with Crippen LogP contribution < -0.4 is 5.32 Å². The van der Waals surface area contributed by atoms with Crippen LogP contribution in [0.2, 0.25) is 5.15 Å². The molecule has 0 radical (unpaired) electrons. The Bertz CT molecular complexity index is 494.